The number of thiazole rings is 1. The van der Waals surface area contributed by atoms with Crippen molar-refractivity contribution in [3.63, 3.8) is 0 Å². The minimum atomic E-state index is -0.236. The van der Waals surface area contributed by atoms with E-state index in [4.69, 9.17) is 17.3 Å². The molecular weight excluding hydrogens is 386 g/mol. The molecule has 3 heterocycles. The lowest BCUT2D eigenvalue weighted by atomic mass is 9.93. The zero-order chi connectivity index (χ0) is 19.1. The standard InChI is InChI=1S/C18H20ClN5O2S/c1-10-21-18-24(22-10)17(26)15(27-18)14(12-4-2-3-5-13(12)19)23-8-6-11(7-9-23)16(20)25/h2-5,11,14,26H,6-9H2,1H3,(H2,20,25)/p+1/t14-/m0/s1. The minimum Gasteiger partial charge on any atom is -0.492 e. The number of nitrogens with two attached hydrogens (primary N) is 1. The van der Waals surface area contributed by atoms with E-state index in [0.29, 0.717) is 15.8 Å². The summed E-state index contributed by atoms with van der Waals surface area (Å²) in [6.45, 7) is 3.34. The number of carbonyl (C=O) groups excluding carboxylic acids is 1. The number of aromatic nitrogens is 3. The van der Waals surface area contributed by atoms with Crippen molar-refractivity contribution in [3.8, 4) is 5.88 Å². The van der Waals surface area contributed by atoms with E-state index in [1.54, 1.807) is 6.92 Å². The summed E-state index contributed by atoms with van der Waals surface area (Å²) in [5.41, 5.74) is 6.43. The van der Waals surface area contributed by atoms with Crippen molar-refractivity contribution in [2.75, 3.05) is 13.1 Å². The summed E-state index contributed by atoms with van der Waals surface area (Å²) in [6, 6.07) is 7.53. The summed E-state index contributed by atoms with van der Waals surface area (Å²) in [6.07, 6.45) is 1.46. The average molecular weight is 407 g/mol. The molecule has 1 atom stereocenters. The van der Waals surface area contributed by atoms with Gasteiger partial charge in [0, 0.05) is 24.3 Å². The number of hydrogen-bond acceptors (Lipinski definition) is 5. The van der Waals surface area contributed by atoms with Gasteiger partial charge < -0.3 is 15.7 Å². The number of hydrogen-bond donors (Lipinski definition) is 3. The number of likely N-dealkylation sites (tertiary alicyclic amines) is 1. The first-order valence-corrected chi connectivity index (χ1v) is 10.1. The molecule has 1 fully saturated rings. The smallest absolute Gasteiger partial charge is 0.235 e. The van der Waals surface area contributed by atoms with Gasteiger partial charge in [-0.2, -0.15) is 4.52 Å². The van der Waals surface area contributed by atoms with Crippen LogP contribution in [-0.4, -0.2) is 38.7 Å². The summed E-state index contributed by atoms with van der Waals surface area (Å²) >= 11 is 7.94. The molecule has 0 bridgehead atoms. The van der Waals surface area contributed by atoms with Crippen LogP contribution >= 0.6 is 22.9 Å². The summed E-state index contributed by atoms with van der Waals surface area (Å²) in [5, 5.41) is 15.8. The molecule has 0 saturated carbocycles. The summed E-state index contributed by atoms with van der Waals surface area (Å²) in [7, 11) is 0. The van der Waals surface area contributed by atoms with Crippen molar-refractivity contribution < 1.29 is 14.8 Å². The van der Waals surface area contributed by atoms with Crippen molar-refractivity contribution in [2.24, 2.45) is 11.7 Å². The Labute approximate surface area is 165 Å². The molecule has 4 rings (SSSR count). The Morgan fingerprint density at radius 2 is 2.11 bits per heavy atom. The van der Waals surface area contributed by atoms with Crippen molar-refractivity contribution in [1.29, 1.82) is 0 Å². The van der Waals surface area contributed by atoms with E-state index in [1.165, 1.54) is 20.8 Å². The van der Waals surface area contributed by atoms with E-state index in [9.17, 15) is 9.90 Å². The molecule has 0 aliphatic carbocycles. The molecule has 1 aliphatic rings. The van der Waals surface area contributed by atoms with E-state index < -0.39 is 0 Å². The third-order valence-corrected chi connectivity index (χ3v) is 6.65. The van der Waals surface area contributed by atoms with Gasteiger partial charge in [0.25, 0.3) is 0 Å². The zero-order valence-electron chi connectivity index (χ0n) is 14.9. The normalized spacial score (nSPS) is 21.4. The fourth-order valence-electron chi connectivity index (χ4n) is 3.85. The molecule has 0 spiro atoms. The molecule has 142 valence electrons. The lowest BCUT2D eigenvalue weighted by Crippen LogP contribution is -3.13. The van der Waals surface area contributed by atoms with Crippen LogP contribution in [0.5, 0.6) is 5.88 Å². The van der Waals surface area contributed by atoms with Crippen molar-refractivity contribution in [1.82, 2.24) is 14.6 Å². The summed E-state index contributed by atoms with van der Waals surface area (Å²) < 4.78 is 1.48. The molecule has 0 unspecified atom stereocenters. The van der Waals surface area contributed by atoms with Gasteiger partial charge in [0.15, 0.2) is 6.04 Å². The van der Waals surface area contributed by atoms with Crippen LogP contribution in [0, 0.1) is 12.8 Å². The molecule has 7 nitrogen and oxygen atoms in total. The van der Waals surface area contributed by atoms with E-state index in [2.05, 4.69) is 10.1 Å². The number of quaternary nitrogens is 1. The van der Waals surface area contributed by atoms with Crippen molar-refractivity contribution in [2.45, 2.75) is 25.8 Å². The predicted octanol–water partition coefficient (Wildman–Crippen LogP) is 1.33. The van der Waals surface area contributed by atoms with Gasteiger partial charge in [0.1, 0.15) is 10.7 Å². The highest BCUT2D eigenvalue weighted by Gasteiger charge is 2.37. The number of aryl methyl sites for hydroxylation is 1. The van der Waals surface area contributed by atoms with Crippen LogP contribution in [-0.2, 0) is 4.79 Å². The highest BCUT2D eigenvalue weighted by molar-refractivity contribution is 7.17. The van der Waals surface area contributed by atoms with Crippen LogP contribution in [0.4, 0.5) is 0 Å². The Kier molecular flexibility index (Phi) is 4.79. The molecule has 9 heteroatoms. The number of nitrogens with one attached hydrogen (secondary N) is 1. The summed E-state index contributed by atoms with van der Waals surface area (Å²) in [5.74, 6) is 0.400. The van der Waals surface area contributed by atoms with Crippen molar-refractivity contribution in [3.05, 3.63) is 45.6 Å². The van der Waals surface area contributed by atoms with Crippen LogP contribution in [0.2, 0.25) is 5.02 Å². The Balaban J connectivity index is 1.77. The molecular formula is C18H21ClN5O2S+. The van der Waals surface area contributed by atoms with E-state index in [0.717, 1.165) is 36.4 Å². The first-order valence-electron chi connectivity index (χ1n) is 8.89. The quantitative estimate of drug-likeness (QED) is 0.608. The maximum Gasteiger partial charge on any atom is 0.235 e. The lowest BCUT2D eigenvalue weighted by molar-refractivity contribution is -0.930. The molecule has 4 N–H and O–H groups in total. The third-order valence-electron chi connectivity index (χ3n) is 5.22. The van der Waals surface area contributed by atoms with Crippen LogP contribution in [0.3, 0.4) is 0 Å². The van der Waals surface area contributed by atoms with Crippen molar-refractivity contribution >= 4 is 33.8 Å². The number of benzene rings is 1. The Bertz CT molecular complexity index is 993. The van der Waals surface area contributed by atoms with Gasteiger partial charge in [-0.15, -0.1) is 5.10 Å². The number of aromatic hydroxyl groups is 1. The molecule has 3 aromatic rings. The Morgan fingerprint density at radius 1 is 1.41 bits per heavy atom. The van der Waals surface area contributed by atoms with E-state index in [-0.39, 0.29) is 23.7 Å². The number of primary amides is 1. The van der Waals surface area contributed by atoms with Gasteiger partial charge in [0.2, 0.25) is 16.7 Å². The molecule has 2 aromatic heterocycles. The SMILES string of the molecule is Cc1nc2sc([C@H](c3ccccc3Cl)[NH+]3CCC(C(N)=O)CC3)c(O)n2n1. The fourth-order valence-corrected chi connectivity index (χ4v) is 5.28. The third kappa shape index (κ3) is 3.28. The number of carbonyl (C=O) groups is 1. The van der Waals surface area contributed by atoms with Crippen LogP contribution in [0.25, 0.3) is 4.96 Å². The number of piperidine rings is 1. The highest BCUT2D eigenvalue weighted by atomic mass is 35.5. The van der Waals surface area contributed by atoms with E-state index >= 15 is 0 Å². The maximum atomic E-state index is 11.5. The topological polar surface area (TPSA) is 98.0 Å². The molecule has 1 aliphatic heterocycles. The summed E-state index contributed by atoms with van der Waals surface area (Å²) in [4.78, 5) is 18.6. The molecule has 0 radical (unpaired) electrons. The predicted molar refractivity (Wildman–Crippen MR) is 103 cm³/mol. The number of fused-ring (bicyclic) bond motifs is 1. The molecule has 1 aromatic carbocycles. The Morgan fingerprint density at radius 3 is 2.74 bits per heavy atom. The molecule has 1 amide bonds. The maximum absolute atomic E-state index is 11.5. The highest BCUT2D eigenvalue weighted by Crippen LogP contribution is 2.37. The number of amides is 1. The van der Waals surface area contributed by atoms with Crippen LogP contribution in [0.15, 0.2) is 24.3 Å². The second-order valence-corrected chi connectivity index (χ2v) is 8.35. The fraction of sp³-hybridized carbons (Fsp3) is 0.389. The number of nitrogens with zero attached hydrogens (tertiary/aromatic N) is 3. The second kappa shape index (κ2) is 7.10. The lowest BCUT2D eigenvalue weighted by Gasteiger charge is -2.33. The molecule has 1 saturated heterocycles. The largest absolute Gasteiger partial charge is 0.492 e. The minimum absolute atomic E-state index is 0.0841. The average Bonchev–Trinajstić information content (AvgIpc) is 3.15. The van der Waals surface area contributed by atoms with Gasteiger partial charge in [0.05, 0.1) is 18.1 Å². The van der Waals surface area contributed by atoms with E-state index in [1.807, 2.05) is 24.3 Å². The van der Waals surface area contributed by atoms with Gasteiger partial charge >= 0.3 is 0 Å². The first-order chi connectivity index (χ1) is 13.0. The van der Waals surface area contributed by atoms with Gasteiger partial charge in [-0.3, -0.25) is 4.79 Å². The first kappa shape index (κ1) is 18.2. The van der Waals surface area contributed by atoms with Gasteiger partial charge in [-0.1, -0.05) is 41.1 Å². The Hall–Kier alpha value is -2.16. The van der Waals surface area contributed by atoms with Crippen LogP contribution in [0.1, 0.15) is 35.1 Å². The molecule has 27 heavy (non-hydrogen) atoms. The van der Waals surface area contributed by atoms with Crippen LogP contribution < -0.4 is 10.6 Å². The monoisotopic (exact) mass is 406 g/mol. The number of halogens is 1. The van der Waals surface area contributed by atoms with Gasteiger partial charge in [-0.05, 0) is 13.0 Å². The zero-order valence-corrected chi connectivity index (χ0v) is 16.4. The second-order valence-electron chi connectivity index (χ2n) is 6.93. The number of rotatable bonds is 4. The van der Waals surface area contributed by atoms with Gasteiger partial charge in [-0.25, -0.2) is 4.98 Å².